The second-order valence-corrected chi connectivity index (χ2v) is 7.18. The van der Waals surface area contributed by atoms with Gasteiger partial charge in [0.2, 0.25) is 0 Å². The van der Waals surface area contributed by atoms with Crippen LogP contribution in [0.3, 0.4) is 0 Å². The number of nitrogens with zero attached hydrogens (tertiary/aromatic N) is 4. The molecule has 0 aliphatic carbocycles. The molecule has 0 saturated heterocycles. The second kappa shape index (κ2) is 8.26. The van der Waals surface area contributed by atoms with Crippen molar-refractivity contribution in [3.63, 3.8) is 0 Å². The van der Waals surface area contributed by atoms with E-state index in [0.717, 1.165) is 27.8 Å². The van der Waals surface area contributed by atoms with E-state index in [0.29, 0.717) is 17.5 Å². The first-order valence-electron chi connectivity index (χ1n) is 8.09. The van der Waals surface area contributed by atoms with Crippen LogP contribution in [0, 0.1) is 25.2 Å². The maximum Gasteiger partial charge on any atom is 0.196 e. The van der Waals surface area contributed by atoms with Crippen molar-refractivity contribution >= 4 is 29.1 Å². The molecule has 3 aromatic rings. The van der Waals surface area contributed by atoms with Crippen molar-refractivity contribution < 1.29 is 0 Å². The molecule has 1 aromatic heterocycles. The maximum atomic E-state index is 8.88. The molecular formula is C19H18ClN5S. The summed E-state index contributed by atoms with van der Waals surface area (Å²) in [6, 6.07) is 16.1. The summed E-state index contributed by atoms with van der Waals surface area (Å²) >= 11 is 7.56. The summed E-state index contributed by atoms with van der Waals surface area (Å²) < 4.78 is 1.98. The lowest BCUT2D eigenvalue weighted by Crippen LogP contribution is -2.08. The zero-order valence-corrected chi connectivity index (χ0v) is 16.1. The van der Waals surface area contributed by atoms with Gasteiger partial charge >= 0.3 is 0 Å². The van der Waals surface area contributed by atoms with Crippen LogP contribution in [0.2, 0.25) is 5.02 Å². The Morgan fingerprint density at radius 2 is 1.92 bits per heavy atom. The molecule has 0 spiro atoms. The minimum Gasteiger partial charge on any atom is -0.378 e. The number of anilines is 1. The Labute approximate surface area is 162 Å². The first kappa shape index (κ1) is 18.3. The van der Waals surface area contributed by atoms with E-state index < -0.39 is 0 Å². The van der Waals surface area contributed by atoms with Crippen molar-refractivity contribution in [1.82, 2.24) is 14.8 Å². The first-order chi connectivity index (χ1) is 12.6. The third kappa shape index (κ3) is 4.18. The van der Waals surface area contributed by atoms with Gasteiger partial charge in [-0.3, -0.25) is 4.57 Å². The third-order valence-corrected chi connectivity index (χ3v) is 5.08. The minimum absolute atomic E-state index is 0.324. The Hall–Kier alpha value is -2.49. The highest BCUT2D eigenvalue weighted by molar-refractivity contribution is 7.99. The van der Waals surface area contributed by atoms with Crippen LogP contribution in [-0.4, -0.2) is 20.5 Å². The van der Waals surface area contributed by atoms with Crippen molar-refractivity contribution in [2.45, 2.75) is 25.5 Å². The van der Waals surface area contributed by atoms with Crippen LogP contribution in [0.4, 0.5) is 5.69 Å². The van der Waals surface area contributed by atoms with E-state index in [1.165, 1.54) is 17.3 Å². The van der Waals surface area contributed by atoms with E-state index in [-0.39, 0.29) is 0 Å². The molecule has 0 fully saturated rings. The van der Waals surface area contributed by atoms with Gasteiger partial charge in [-0.25, -0.2) is 0 Å². The lowest BCUT2D eigenvalue weighted by Gasteiger charge is -2.12. The number of hydrogen-bond donors (Lipinski definition) is 1. The van der Waals surface area contributed by atoms with Gasteiger partial charge < -0.3 is 5.32 Å². The normalized spacial score (nSPS) is 10.5. The standard InChI is InChI=1S/C19H18ClN5S/c1-13-3-7-16(8-4-13)25-18(23-24-19(25)26-10-9-21)12-22-15-6-5-14(2)17(20)11-15/h3-8,11,22H,10,12H2,1-2H3. The van der Waals surface area contributed by atoms with Gasteiger partial charge in [0.25, 0.3) is 0 Å². The molecule has 0 atom stereocenters. The minimum atomic E-state index is 0.324. The largest absolute Gasteiger partial charge is 0.378 e. The Bertz CT molecular complexity index is 944. The quantitative estimate of drug-likeness (QED) is 0.621. The number of aromatic nitrogens is 3. The summed E-state index contributed by atoms with van der Waals surface area (Å²) in [4.78, 5) is 0. The van der Waals surface area contributed by atoms with Crippen LogP contribution in [0.1, 0.15) is 17.0 Å². The fraction of sp³-hybridized carbons (Fsp3) is 0.211. The smallest absolute Gasteiger partial charge is 0.196 e. The van der Waals surface area contributed by atoms with Crippen LogP contribution < -0.4 is 5.32 Å². The van der Waals surface area contributed by atoms with Gasteiger partial charge in [-0.1, -0.05) is 47.1 Å². The molecule has 26 heavy (non-hydrogen) atoms. The van der Waals surface area contributed by atoms with E-state index in [1.54, 1.807) is 0 Å². The molecule has 0 radical (unpaired) electrons. The molecule has 0 amide bonds. The van der Waals surface area contributed by atoms with Crippen molar-refractivity contribution in [2.24, 2.45) is 0 Å². The van der Waals surface area contributed by atoms with Crippen molar-refractivity contribution in [3.05, 3.63) is 64.4 Å². The molecule has 132 valence electrons. The Balaban J connectivity index is 1.88. The lowest BCUT2D eigenvalue weighted by molar-refractivity contribution is 0.841. The number of halogens is 1. The second-order valence-electron chi connectivity index (χ2n) is 5.83. The fourth-order valence-corrected chi connectivity index (χ4v) is 3.25. The van der Waals surface area contributed by atoms with Crippen LogP contribution >= 0.6 is 23.4 Å². The summed E-state index contributed by atoms with van der Waals surface area (Å²) in [5, 5.41) is 22.2. The SMILES string of the molecule is Cc1ccc(-n2c(CNc3ccc(C)c(Cl)c3)nnc2SCC#N)cc1. The number of nitriles is 1. The Morgan fingerprint density at radius 1 is 1.15 bits per heavy atom. The number of hydrogen-bond acceptors (Lipinski definition) is 5. The van der Waals surface area contributed by atoms with Gasteiger partial charge in [-0.05, 0) is 43.7 Å². The third-order valence-electron chi connectivity index (χ3n) is 3.88. The molecule has 1 heterocycles. The summed E-state index contributed by atoms with van der Waals surface area (Å²) in [6.45, 7) is 4.51. The number of benzene rings is 2. The zero-order valence-electron chi connectivity index (χ0n) is 14.5. The average Bonchev–Trinajstić information content (AvgIpc) is 3.04. The average molecular weight is 384 g/mol. The molecule has 0 aliphatic heterocycles. The van der Waals surface area contributed by atoms with Gasteiger partial charge in [0.15, 0.2) is 11.0 Å². The summed E-state index contributed by atoms with van der Waals surface area (Å²) in [5.41, 5.74) is 4.11. The number of nitrogens with one attached hydrogen (secondary N) is 1. The first-order valence-corrected chi connectivity index (χ1v) is 9.46. The van der Waals surface area contributed by atoms with E-state index in [1.807, 2.05) is 60.9 Å². The van der Waals surface area contributed by atoms with Gasteiger partial charge in [-0.2, -0.15) is 5.26 Å². The predicted molar refractivity (Wildman–Crippen MR) is 106 cm³/mol. The van der Waals surface area contributed by atoms with Gasteiger partial charge in [0, 0.05) is 16.4 Å². The van der Waals surface area contributed by atoms with E-state index in [2.05, 4.69) is 21.6 Å². The zero-order chi connectivity index (χ0) is 18.5. The summed E-state index contributed by atoms with van der Waals surface area (Å²) in [7, 11) is 0. The van der Waals surface area contributed by atoms with Crippen molar-refractivity contribution in [2.75, 3.05) is 11.1 Å². The lowest BCUT2D eigenvalue weighted by atomic mass is 10.2. The fourth-order valence-electron chi connectivity index (χ4n) is 2.44. The highest BCUT2D eigenvalue weighted by Gasteiger charge is 2.14. The highest BCUT2D eigenvalue weighted by atomic mass is 35.5. The van der Waals surface area contributed by atoms with Gasteiger partial charge in [0.1, 0.15) is 0 Å². The molecule has 2 aromatic carbocycles. The van der Waals surface area contributed by atoms with Crippen LogP contribution in [0.25, 0.3) is 5.69 Å². The number of rotatable bonds is 6. The van der Waals surface area contributed by atoms with E-state index in [9.17, 15) is 0 Å². The van der Waals surface area contributed by atoms with E-state index >= 15 is 0 Å². The topological polar surface area (TPSA) is 66.5 Å². The predicted octanol–water partition coefficient (Wildman–Crippen LogP) is 4.77. The summed E-state index contributed by atoms with van der Waals surface area (Å²) in [5.74, 6) is 1.09. The van der Waals surface area contributed by atoms with Crippen LogP contribution in [0.15, 0.2) is 47.6 Å². The summed E-state index contributed by atoms with van der Waals surface area (Å²) in [6.07, 6.45) is 0. The van der Waals surface area contributed by atoms with Crippen molar-refractivity contribution in [1.29, 1.82) is 5.26 Å². The Kier molecular flexibility index (Phi) is 5.82. The Morgan fingerprint density at radius 3 is 2.62 bits per heavy atom. The van der Waals surface area contributed by atoms with Crippen LogP contribution in [-0.2, 0) is 6.54 Å². The van der Waals surface area contributed by atoms with Crippen molar-refractivity contribution in [3.8, 4) is 11.8 Å². The molecule has 7 heteroatoms. The molecule has 0 saturated carbocycles. The highest BCUT2D eigenvalue weighted by Crippen LogP contribution is 2.24. The number of aryl methyl sites for hydroxylation is 2. The van der Waals surface area contributed by atoms with Gasteiger partial charge in [0.05, 0.1) is 18.4 Å². The molecule has 0 bridgehead atoms. The van der Waals surface area contributed by atoms with Gasteiger partial charge in [-0.15, -0.1) is 10.2 Å². The molecule has 3 rings (SSSR count). The molecule has 5 nitrogen and oxygen atoms in total. The molecule has 0 aliphatic rings. The molecule has 1 N–H and O–H groups in total. The molecular weight excluding hydrogens is 366 g/mol. The van der Waals surface area contributed by atoms with E-state index in [4.69, 9.17) is 16.9 Å². The molecule has 0 unspecified atom stereocenters. The maximum absolute atomic E-state index is 8.88. The number of thioether (sulfide) groups is 1. The monoisotopic (exact) mass is 383 g/mol. The van der Waals surface area contributed by atoms with Crippen LogP contribution in [0.5, 0.6) is 0 Å².